The lowest BCUT2D eigenvalue weighted by Gasteiger charge is -2.34. The minimum atomic E-state index is -0.0628. The molecule has 3 aliphatic rings. The highest BCUT2D eigenvalue weighted by atomic mass is 16.5. The highest BCUT2D eigenvalue weighted by molar-refractivity contribution is 6.05. The molecule has 33 heavy (non-hydrogen) atoms. The molecule has 2 atom stereocenters. The molecular weight excluding hydrogens is 412 g/mol. The van der Waals surface area contributed by atoms with Crippen molar-refractivity contribution >= 4 is 11.8 Å². The third-order valence-electron chi connectivity index (χ3n) is 7.64. The first kappa shape index (κ1) is 22.3. The Morgan fingerprint density at radius 3 is 1.76 bits per heavy atom. The fourth-order valence-corrected chi connectivity index (χ4v) is 5.76. The van der Waals surface area contributed by atoms with Crippen molar-refractivity contribution in [2.45, 2.75) is 50.7 Å². The highest BCUT2D eigenvalue weighted by Crippen LogP contribution is 2.38. The molecule has 5 rings (SSSR count). The molecule has 0 aromatic heterocycles. The van der Waals surface area contributed by atoms with Crippen LogP contribution in [0, 0.1) is 11.8 Å². The predicted octanol–water partition coefficient (Wildman–Crippen LogP) is 4.43. The zero-order valence-electron chi connectivity index (χ0n) is 19.3. The van der Waals surface area contributed by atoms with Crippen LogP contribution >= 0.6 is 0 Å². The molecule has 0 N–H and O–H groups in total. The molecule has 3 fully saturated rings. The van der Waals surface area contributed by atoms with E-state index in [-0.39, 0.29) is 35.9 Å². The average molecular weight is 447 g/mol. The molecule has 2 saturated heterocycles. The normalized spacial score (nSPS) is 24.5. The smallest absolute Gasteiger partial charge is 0.233 e. The Bertz CT molecular complexity index is 877. The van der Waals surface area contributed by atoms with Crippen LogP contribution in [0.3, 0.4) is 0 Å². The first-order valence-electron chi connectivity index (χ1n) is 12.5. The van der Waals surface area contributed by atoms with Crippen LogP contribution in [0.2, 0.25) is 0 Å². The summed E-state index contributed by atoms with van der Waals surface area (Å²) in [5, 5.41) is 0. The van der Waals surface area contributed by atoms with Gasteiger partial charge in [0.1, 0.15) is 6.10 Å². The van der Waals surface area contributed by atoms with Gasteiger partial charge in [0.05, 0.1) is 17.9 Å². The van der Waals surface area contributed by atoms with E-state index in [1.54, 1.807) is 4.90 Å². The molecule has 5 heteroatoms. The van der Waals surface area contributed by atoms with Gasteiger partial charge in [-0.05, 0) is 36.8 Å². The van der Waals surface area contributed by atoms with Crippen molar-refractivity contribution in [2.75, 3.05) is 26.2 Å². The van der Waals surface area contributed by atoms with E-state index in [0.29, 0.717) is 6.54 Å². The maximum absolute atomic E-state index is 12.7. The van der Waals surface area contributed by atoms with Crippen LogP contribution < -0.4 is 0 Å². The Labute approximate surface area is 196 Å². The lowest BCUT2D eigenvalue weighted by Crippen LogP contribution is -2.43. The van der Waals surface area contributed by atoms with Crippen molar-refractivity contribution in [3.63, 3.8) is 0 Å². The lowest BCUT2D eigenvalue weighted by molar-refractivity contribution is -0.140. The summed E-state index contributed by atoms with van der Waals surface area (Å²) in [6, 6.07) is 20.9. The number of hydrogen-bond donors (Lipinski definition) is 0. The summed E-state index contributed by atoms with van der Waals surface area (Å²) in [4.78, 5) is 29.4. The molecule has 1 aliphatic carbocycles. The number of ether oxygens (including phenoxy) is 1. The Morgan fingerprint density at radius 2 is 1.24 bits per heavy atom. The third-order valence-corrected chi connectivity index (χ3v) is 7.64. The summed E-state index contributed by atoms with van der Waals surface area (Å²) >= 11 is 0. The molecule has 174 valence electrons. The van der Waals surface area contributed by atoms with Crippen LogP contribution in [0.4, 0.5) is 0 Å². The number of piperidine rings is 1. The SMILES string of the molecule is O=C1[C@H]2CCCC[C@@H]2C(=O)N1CCN1CCC(OC(c2ccccc2)c2ccccc2)CC1. The number of nitrogens with zero attached hydrogens (tertiary/aromatic N) is 2. The molecule has 2 aromatic carbocycles. The number of likely N-dealkylation sites (tertiary alicyclic amines) is 2. The molecule has 2 amide bonds. The van der Waals surface area contributed by atoms with Gasteiger partial charge in [-0.3, -0.25) is 14.5 Å². The van der Waals surface area contributed by atoms with Crippen LogP contribution in [-0.4, -0.2) is 53.9 Å². The summed E-state index contributed by atoms with van der Waals surface area (Å²) in [5.41, 5.74) is 2.36. The Kier molecular flexibility index (Phi) is 6.88. The molecule has 0 spiro atoms. The van der Waals surface area contributed by atoms with Gasteiger partial charge in [0.25, 0.3) is 0 Å². The summed E-state index contributed by atoms with van der Waals surface area (Å²) in [5.74, 6) is 0.0737. The van der Waals surface area contributed by atoms with Crippen LogP contribution in [-0.2, 0) is 14.3 Å². The number of fused-ring (bicyclic) bond motifs is 1. The molecular formula is C28H34N2O3. The quantitative estimate of drug-likeness (QED) is 0.591. The van der Waals surface area contributed by atoms with Gasteiger partial charge in [-0.25, -0.2) is 0 Å². The maximum Gasteiger partial charge on any atom is 0.233 e. The number of hydrogen-bond acceptors (Lipinski definition) is 4. The molecule has 5 nitrogen and oxygen atoms in total. The number of carbonyl (C=O) groups is 2. The molecule has 1 saturated carbocycles. The van der Waals surface area contributed by atoms with E-state index < -0.39 is 0 Å². The van der Waals surface area contributed by atoms with E-state index in [1.807, 2.05) is 12.1 Å². The van der Waals surface area contributed by atoms with Crippen molar-refractivity contribution < 1.29 is 14.3 Å². The zero-order chi connectivity index (χ0) is 22.6. The van der Waals surface area contributed by atoms with E-state index in [0.717, 1.165) is 58.2 Å². The topological polar surface area (TPSA) is 49.9 Å². The van der Waals surface area contributed by atoms with E-state index >= 15 is 0 Å². The average Bonchev–Trinajstić information content (AvgIpc) is 3.12. The van der Waals surface area contributed by atoms with Crippen LogP contribution in [0.1, 0.15) is 55.8 Å². The fourth-order valence-electron chi connectivity index (χ4n) is 5.76. The summed E-state index contributed by atoms with van der Waals surface area (Å²) < 4.78 is 6.64. The minimum absolute atomic E-state index is 0.0432. The van der Waals surface area contributed by atoms with Gasteiger partial charge in [-0.1, -0.05) is 73.5 Å². The standard InChI is InChI=1S/C28H34N2O3/c31-27-24-13-7-8-14-25(24)28(32)30(27)20-19-29-17-15-23(16-18-29)33-26(21-9-3-1-4-10-21)22-11-5-2-6-12-22/h1-6,9-12,23-26H,7-8,13-20H2/t24-,25-/m0/s1. The Balaban J connectivity index is 1.15. The highest BCUT2D eigenvalue weighted by Gasteiger charge is 2.47. The Hall–Kier alpha value is -2.50. The van der Waals surface area contributed by atoms with Crippen LogP contribution in [0.25, 0.3) is 0 Å². The number of amides is 2. The van der Waals surface area contributed by atoms with Crippen LogP contribution in [0.5, 0.6) is 0 Å². The fraction of sp³-hybridized carbons (Fsp3) is 0.500. The first-order chi connectivity index (χ1) is 16.2. The number of rotatable bonds is 7. The van der Waals surface area contributed by atoms with Crippen molar-refractivity contribution in [1.29, 1.82) is 0 Å². The van der Waals surface area contributed by atoms with E-state index in [9.17, 15) is 9.59 Å². The largest absolute Gasteiger partial charge is 0.365 e. The van der Waals surface area contributed by atoms with E-state index in [4.69, 9.17) is 4.74 Å². The Morgan fingerprint density at radius 1 is 0.727 bits per heavy atom. The van der Waals surface area contributed by atoms with Crippen LogP contribution in [0.15, 0.2) is 60.7 Å². The van der Waals surface area contributed by atoms with Crippen molar-refractivity contribution in [1.82, 2.24) is 9.80 Å². The molecule has 0 unspecified atom stereocenters. The monoisotopic (exact) mass is 446 g/mol. The van der Waals surface area contributed by atoms with Gasteiger partial charge in [0.15, 0.2) is 0 Å². The second-order valence-corrected chi connectivity index (χ2v) is 9.70. The summed E-state index contributed by atoms with van der Waals surface area (Å²) in [6.45, 7) is 3.17. The summed E-state index contributed by atoms with van der Waals surface area (Å²) in [7, 11) is 0. The lowest BCUT2D eigenvalue weighted by atomic mass is 9.81. The zero-order valence-corrected chi connectivity index (χ0v) is 19.3. The van der Waals surface area contributed by atoms with Gasteiger partial charge < -0.3 is 9.64 Å². The van der Waals surface area contributed by atoms with Gasteiger partial charge in [0.2, 0.25) is 11.8 Å². The molecule has 0 radical (unpaired) electrons. The number of imide groups is 1. The first-order valence-corrected chi connectivity index (χ1v) is 12.5. The molecule has 2 aromatic rings. The van der Waals surface area contributed by atoms with E-state index in [2.05, 4.69) is 53.4 Å². The molecule has 2 heterocycles. The van der Waals surface area contributed by atoms with E-state index in [1.165, 1.54) is 11.1 Å². The van der Waals surface area contributed by atoms with Crippen molar-refractivity contribution in [3.05, 3.63) is 71.8 Å². The maximum atomic E-state index is 12.7. The van der Waals surface area contributed by atoms with Gasteiger partial charge in [0, 0.05) is 26.2 Å². The van der Waals surface area contributed by atoms with Gasteiger partial charge in [-0.15, -0.1) is 0 Å². The second kappa shape index (κ2) is 10.2. The minimum Gasteiger partial charge on any atom is -0.365 e. The summed E-state index contributed by atoms with van der Waals surface area (Å²) in [6.07, 6.45) is 5.99. The van der Waals surface area contributed by atoms with Gasteiger partial charge >= 0.3 is 0 Å². The molecule has 0 bridgehead atoms. The third kappa shape index (κ3) is 4.90. The second-order valence-electron chi connectivity index (χ2n) is 9.70. The number of carbonyl (C=O) groups excluding carboxylic acids is 2. The molecule has 2 aliphatic heterocycles. The van der Waals surface area contributed by atoms with Gasteiger partial charge in [-0.2, -0.15) is 0 Å². The predicted molar refractivity (Wildman–Crippen MR) is 127 cm³/mol. The van der Waals surface area contributed by atoms with Crippen molar-refractivity contribution in [3.8, 4) is 0 Å². The number of benzene rings is 2. The van der Waals surface area contributed by atoms with Crippen molar-refractivity contribution in [2.24, 2.45) is 11.8 Å².